The van der Waals surface area contributed by atoms with Gasteiger partial charge in [-0.25, -0.2) is 8.42 Å². The molecule has 1 atom stereocenters. The van der Waals surface area contributed by atoms with Crippen molar-refractivity contribution in [1.82, 2.24) is 0 Å². The van der Waals surface area contributed by atoms with Crippen LogP contribution in [0.5, 0.6) is 0 Å². The molecule has 4 nitrogen and oxygen atoms in total. The normalized spacial score (nSPS) is 17.2. The Morgan fingerprint density at radius 1 is 1.30 bits per heavy atom. The lowest BCUT2D eigenvalue weighted by Gasteiger charge is -2.21. The van der Waals surface area contributed by atoms with Gasteiger partial charge in [0.1, 0.15) is 9.84 Å². The second-order valence-corrected chi connectivity index (χ2v) is 8.02. The van der Waals surface area contributed by atoms with Crippen molar-refractivity contribution in [2.75, 3.05) is 35.3 Å². The SMILES string of the molecule is Cc1cc(N2CCCC2)ccc1NC(C)CS(C)(=O)=O. The van der Waals surface area contributed by atoms with Gasteiger partial charge in [-0.2, -0.15) is 0 Å². The van der Waals surface area contributed by atoms with Crippen molar-refractivity contribution in [2.24, 2.45) is 0 Å². The highest BCUT2D eigenvalue weighted by Crippen LogP contribution is 2.25. The standard InChI is InChI=1S/C15H24N2O2S/c1-12-10-14(17-8-4-5-9-17)6-7-15(12)16-13(2)11-20(3,18)19/h6-7,10,13,16H,4-5,8-9,11H2,1-3H3. The highest BCUT2D eigenvalue weighted by molar-refractivity contribution is 7.90. The number of aryl methyl sites for hydroxylation is 1. The van der Waals surface area contributed by atoms with E-state index in [0.717, 1.165) is 24.3 Å². The first kappa shape index (κ1) is 15.2. The van der Waals surface area contributed by atoms with E-state index in [-0.39, 0.29) is 11.8 Å². The van der Waals surface area contributed by atoms with E-state index in [2.05, 4.69) is 35.3 Å². The van der Waals surface area contributed by atoms with Gasteiger partial charge in [0.2, 0.25) is 0 Å². The van der Waals surface area contributed by atoms with Gasteiger partial charge in [-0.15, -0.1) is 0 Å². The number of anilines is 2. The monoisotopic (exact) mass is 296 g/mol. The van der Waals surface area contributed by atoms with E-state index in [1.165, 1.54) is 24.8 Å². The van der Waals surface area contributed by atoms with E-state index >= 15 is 0 Å². The number of nitrogens with zero attached hydrogens (tertiary/aromatic N) is 1. The van der Waals surface area contributed by atoms with Crippen LogP contribution in [0.25, 0.3) is 0 Å². The van der Waals surface area contributed by atoms with E-state index < -0.39 is 9.84 Å². The molecular formula is C15H24N2O2S. The quantitative estimate of drug-likeness (QED) is 0.906. The fourth-order valence-corrected chi connectivity index (χ4v) is 3.73. The second kappa shape index (κ2) is 6.04. The van der Waals surface area contributed by atoms with Gasteiger partial charge in [-0.1, -0.05) is 0 Å². The first-order chi connectivity index (χ1) is 9.35. The molecule has 20 heavy (non-hydrogen) atoms. The molecule has 0 aliphatic carbocycles. The first-order valence-corrected chi connectivity index (χ1v) is 9.21. The molecule has 1 aromatic rings. The summed E-state index contributed by atoms with van der Waals surface area (Å²) >= 11 is 0. The Hall–Kier alpha value is -1.23. The summed E-state index contributed by atoms with van der Waals surface area (Å²) < 4.78 is 22.6. The molecule has 0 amide bonds. The minimum absolute atomic E-state index is 0.0821. The maximum Gasteiger partial charge on any atom is 0.149 e. The van der Waals surface area contributed by atoms with Crippen LogP contribution in [0.3, 0.4) is 0 Å². The fourth-order valence-electron chi connectivity index (χ4n) is 2.74. The Kier molecular flexibility index (Phi) is 4.58. The molecule has 112 valence electrons. The third-order valence-electron chi connectivity index (χ3n) is 3.64. The molecule has 1 N–H and O–H groups in total. The maximum atomic E-state index is 11.3. The van der Waals surface area contributed by atoms with Gasteiger partial charge in [0.05, 0.1) is 5.75 Å². The summed E-state index contributed by atoms with van der Waals surface area (Å²) in [5, 5.41) is 3.29. The molecular weight excluding hydrogens is 272 g/mol. The van der Waals surface area contributed by atoms with Crippen LogP contribution in [0.15, 0.2) is 18.2 Å². The highest BCUT2D eigenvalue weighted by Gasteiger charge is 2.14. The number of hydrogen-bond acceptors (Lipinski definition) is 4. The molecule has 1 aromatic carbocycles. The van der Waals surface area contributed by atoms with E-state index in [4.69, 9.17) is 0 Å². The smallest absolute Gasteiger partial charge is 0.149 e. The van der Waals surface area contributed by atoms with Crippen LogP contribution >= 0.6 is 0 Å². The Morgan fingerprint density at radius 2 is 1.95 bits per heavy atom. The predicted octanol–water partition coefficient (Wildman–Crippen LogP) is 2.44. The van der Waals surface area contributed by atoms with Gasteiger partial charge in [0.25, 0.3) is 0 Å². The van der Waals surface area contributed by atoms with Crippen LogP contribution in [0.2, 0.25) is 0 Å². The number of benzene rings is 1. The van der Waals surface area contributed by atoms with Gasteiger partial charge in [-0.3, -0.25) is 0 Å². The van der Waals surface area contributed by atoms with E-state index in [0.29, 0.717) is 0 Å². The van der Waals surface area contributed by atoms with Crippen molar-refractivity contribution in [3.63, 3.8) is 0 Å². The van der Waals surface area contributed by atoms with Gasteiger partial charge in [0.15, 0.2) is 0 Å². The fraction of sp³-hybridized carbons (Fsp3) is 0.600. The summed E-state index contributed by atoms with van der Waals surface area (Å²) in [5.41, 5.74) is 3.44. The summed E-state index contributed by atoms with van der Waals surface area (Å²) in [7, 11) is -2.95. The van der Waals surface area contributed by atoms with Crippen molar-refractivity contribution < 1.29 is 8.42 Å². The second-order valence-electron chi connectivity index (χ2n) is 5.83. The van der Waals surface area contributed by atoms with Crippen LogP contribution in [-0.4, -0.2) is 39.6 Å². The van der Waals surface area contributed by atoms with Crippen LogP contribution in [-0.2, 0) is 9.84 Å². The lowest BCUT2D eigenvalue weighted by molar-refractivity contribution is 0.598. The maximum absolute atomic E-state index is 11.3. The predicted molar refractivity (Wildman–Crippen MR) is 85.4 cm³/mol. The van der Waals surface area contributed by atoms with Crippen molar-refractivity contribution >= 4 is 21.2 Å². The summed E-state index contributed by atoms with van der Waals surface area (Å²) in [5.74, 6) is 0.153. The van der Waals surface area contributed by atoms with Crippen molar-refractivity contribution in [2.45, 2.75) is 32.7 Å². The summed E-state index contributed by atoms with van der Waals surface area (Å²) in [6, 6.07) is 6.28. The lowest BCUT2D eigenvalue weighted by Crippen LogP contribution is -2.25. The van der Waals surface area contributed by atoms with Crippen LogP contribution in [0, 0.1) is 6.92 Å². The summed E-state index contributed by atoms with van der Waals surface area (Å²) in [6.07, 6.45) is 3.81. The molecule has 1 heterocycles. The first-order valence-electron chi connectivity index (χ1n) is 7.15. The molecule has 0 aromatic heterocycles. The molecule has 0 spiro atoms. The molecule has 0 saturated carbocycles. The van der Waals surface area contributed by atoms with Gasteiger partial charge in [-0.05, 0) is 50.5 Å². The zero-order chi connectivity index (χ0) is 14.8. The van der Waals surface area contributed by atoms with E-state index in [1.54, 1.807) is 0 Å². The molecule has 5 heteroatoms. The minimum atomic E-state index is -2.95. The summed E-state index contributed by atoms with van der Waals surface area (Å²) in [6.45, 7) is 6.23. The molecule has 1 unspecified atom stereocenters. The number of rotatable bonds is 5. The molecule has 0 radical (unpaired) electrons. The van der Waals surface area contributed by atoms with Crippen molar-refractivity contribution in [3.8, 4) is 0 Å². The Morgan fingerprint density at radius 3 is 2.50 bits per heavy atom. The van der Waals surface area contributed by atoms with E-state index in [9.17, 15) is 8.42 Å². The number of nitrogens with one attached hydrogen (secondary N) is 1. The van der Waals surface area contributed by atoms with Gasteiger partial charge in [0, 0.05) is 36.8 Å². The molecule has 1 saturated heterocycles. The highest BCUT2D eigenvalue weighted by atomic mass is 32.2. The third-order valence-corrected chi connectivity index (χ3v) is 4.74. The van der Waals surface area contributed by atoms with Gasteiger partial charge < -0.3 is 10.2 Å². The van der Waals surface area contributed by atoms with Crippen LogP contribution in [0.4, 0.5) is 11.4 Å². The van der Waals surface area contributed by atoms with E-state index in [1.807, 2.05) is 6.92 Å². The average Bonchev–Trinajstić information content (AvgIpc) is 2.82. The zero-order valence-corrected chi connectivity index (χ0v) is 13.3. The lowest BCUT2D eigenvalue weighted by atomic mass is 10.1. The van der Waals surface area contributed by atoms with Crippen LogP contribution in [0.1, 0.15) is 25.3 Å². The Labute approximate surface area is 122 Å². The molecule has 2 rings (SSSR count). The molecule has 1 fully saturated rings. The summed E-state index contributed by atoms with van der Waals surface area (Å²) in [4.78, 5) is 2.40. The van der Waals surface area contributed by atoms with Crippen LogP contribution < -0.4 is 10.2 Å². The third kappa shape index (κ3) is 4.13. The average molecular weight is 296 g/mol. The Balaban J connectivity index is 2.05. The largest absolute Gasteiger partial charge is 0.381 e. The molecule has 1 aliphatic rings. The molecule has 1 aliphatic heterocycles. The van der Waals surface area contributed by atoms with Crippen molar-refractivity contribution in [1.29, 1.82) is 0 Å². The number of hydrogen-bond donors (Lipinski definition) is 1. The van der Waals surface area contributed by atoms with Crippen molar-refractivity contribution in [3.05, 3.63) is 23.8 Å². The Bertz CT molecular complexity index is 563. The minimum Gasteiger partial charge on any atom is -0.381 e. The zero-order valence-electron chi connectivity index (χ0n) is 12.5. The topological polar surface area (TPSA) is 49.4 Å². The van der Waals surface area contributed by atoms with Gasteiger partial charge >= 0.3 is 0 Å². The molecule has 0 bridgehead atoms. The number of sulfone groups is 1.